The Hall–Kier alpha value is -1.06. The first kappa shape index (κ1) is 15.3. The average Bonchev–Trinajstić information content (AvgIpc) is 2.35. The first-order chi connectivity index (χ1) is 9.07. The number of rotatable bonds is 1. The zero-order valence-electron chi connectivity index (χ0n) is 12.8. The summed E-state index contributed by atoms with van der Waals surface area (Å²) in [5.41, 5.74) is 11.0. The Morgan fingerprint density at radius 3 is 2.10 bits per heavy atom. The van der Waals surface area contributed by atoms with Gasteiger partial charge in [-0.1, -0.05) is 33.5 Å². The van der Waals surface area contributed by atoms with Crippen LogP contribution in [-0.4, -0.2) is 41.5 Å². The summed E-state index contributed by atoms with van der Waals surface area (Å²) in [4.78, 5) is 4.64. The smallest absolute Gasteiger partial charge is 0.142 e. The topological polar surface area (TPSA) is 59.1 Å². The number of pyridine rings is 1. The highest BCUT2D eigenvalue weighted by molar-refractivity contribution is 6.64. The summed E-state index contributed by atoms with van der Waals surface area (Å²) in [5, 5.41) is 12.0. The highest BCUT2D eigenvalue weighted by atomic mass is 35.5. The van der Waals surface area contributed by atoms with Crippen LogP contribution in [-0.2, 0) is 5.60 Å². The van der Waals surface area contributed by atoms with Gasteiger partial charge in [-0.05, 0) is 19.2 Å². The molecule has 1 aromatic carbocycles. The molecule has 0 amide bonds. The fourth-order valence-electron chi connectivity index (χ4n) is 2.65. The van der Waals surface area contributed by atoms with E-state index in [1.807, 2.05) is 31.4 Å². The molecule has 0 saturated carbocycles. The van der Waals surface area contributed by atoms with Gasteiger partial charge in [0.15, 0.2) is 0 Å². The highest BCUT2D eigenvalue weighted by Crippen LogP contribution is 2.24. The summed E-state index contributed by atoms with van der Waals surface area (Å²) < 4.78 is 0. The van der Waals surface area contributed by atoms with E-state index >= 15 is 0 Å². The van der Waals surface area contributed by atoms with Crippen molar-refractivity contribution in [1.82, 2.24) is 4.98 Å². The van der Waals surface area contributed by atoms with Crippen molar-refractivity contribution < 1.29 is 5.11 Å². The molecule has 3 nitrogen and oxygen atoms in total. The van der Waals surface area contributed by atoms with Gasteiger partial charge in [-0.3, -0.25) is 0 Å². The lowest BCUT2D eigenvalue weighted by Gasteiger charge is -2.24. The van der Waals surface area contributed by atoms with Crippen LogP contribution < -0.4 is 27.6 Å². The molecule has 0 bridgehead atoms. The molecule has 100 valence electrons. The number of anilines is 1. The highest BCUT2D eigenvalue weighted by Gasteiger charge is 2.25. The van der Waals surface area contributed by atoms with Gasteiger partial charge in [-0.15, -0.1) is 0 Å². The zero-order chi connectivity index (χ0) is 15.4. The van der Waals surface area contributed by atoms with E-state index < -0.39 is 5.60 Å². The second-order valence-electron chi connectivity index (χ2n) is 5.97. The molecule has 1 aromatic heterocycles. The maximum absolute atomic E-state index is 10.3. The Bertz CT molecular complexity index is 728. The Morgan fingerprint density at radius 2 is 1.60 bits per heavy atom. The summed E-state index contributed by atoms with van der Waals surface area (Å²) in [5.74, 6) is 0. The zero-order valence-corrected chi connectivity index (χ0v) is 13.6. The second-order valence-corrected chi connectivity index (χ2v) is 6.35. The summed E-state index contributed by atoms with van der Waals surface area (Å²) in [6, 6.07) is 0. The Balaban J connectivity index is 3.07. The molecule has 0 fully saturated rings. The number of hydrogen-bond donors (Lipinski definition) is 2. The van der Waals surface area contributed by atoms with E-state index in [-0.39, 0.29) is 0 Å². The van der Waals surface area contributed by atoms with Crippen molar-refractivity contribution in [2.75, 3.05) is 5.73 Å². The molecule has 0 aliphatic heterocycles. The van der Waals surface area contributed by atoms with Crippen LogP contribution >= 0.6 is 11.6 Å². The van der Waals surface area contributed by atoms with E-state index in [1.54, 1.807) is 13.8 Å². The van der Waals surface area contributed by atoms with Crippen LogP contribution in [0, 0.1) is 0 Å². The monoisotopic (exact) mass is 284 g/mol. The first-order valence-corrected chi connectivity index (χ1v) is 7.03. The fourth-order valence-corrected chi connectivity index (χ4v) is 2.88. The minimum absolute atomic E-state index is 0.520. The molecule has 0 radical (unpaired) electrons. The number of nitrogen functional groups attached to an aromatic ring is 1. The van der Waals surface area contributed by atoms with E-state index in [1.165, 1.54) is 0 Å². The Labute approximate surface area is 127 Å². The summed E-state index contributed by atoms with van der Waals surface area (Å²) in [6.45, 7) is 3.39. The third kappa shape index (κ3) is 2.13. The Kier molecular flexibility index (Phi) is 3.64. The molecule has 0 spiro atoms. The van der Waals surface area contributed by atoms with Gasteiger partial charge in [-0.2, -0.15) is 0 Å². The molecule has 3 N–H and O–H groups in total. The molecule has 1 heterocycles. The van der Waals surface area contributed by atoms with Crippen LogP contribution in [0.25, 0.3) is 10.9 Å². The molecule has 2 rings (SSSR count). The maximum atomic E-state index is 10.3. The second kappa shape index (κ2) is 4.74. The maximum Gasteiger partial charge on any atom is 0.142 e. The number of aliphatic hydroxyl groups is 1. The van der Waals surface area contributed by atoms with Crippen LogP contribution in [0.15, 0.2) is 0 Å². The molecule has 0 aliphatic rings. The quantitative estimate of drug-likeness (QED) is 0.521. The molecule has 0 unspecified atom stereocenters. The molecule has 20 heavy (non-hydrogen) atoms. The minimum Gasteiger partial charge on any atom is -0.398 e. The molecular formula is C12H17B4ClN2O. The fraction of sp³-hybridized carbons (Fsp3) is 0.250. The summed E-state index contributed by atoms with van der Waals surface area (Å²) >= 11 is 6.40. The lowest BCUT2D eigenvalue weighted by Crippen LogP contribution is -2.38. The van der Waals surface area contributed by atoms with Crippen molar-refractivity contribution in [3.05, 3.63) is 10.7 Å². The van der Waals surface area contributed by atoms with Crippen LogP contribution in [0.3, 0.4) is 0 Å². The van der Waals surface area contributed by atoms with E-state index in [2.05, 4.69) is 4.98 Å². The molecule has 0 atom stereocenters. The van der Waals surface area contributed by atoms with Crippen molar-refractivity contribution in [2.45, 2.75) is 19.4 Å². The molecule has 2 aromatic rings. The van der Waals surface area contributed by atoms with Gasteiger partial charge < -0.3 is 10.8 Å². The summed E-state index contributed by atoms with van der Waals surface area (Å²) in [6.07, 6.45) is 0. The number of hydrogen-bond acceptors (Lipinski definition) is 3. The van der Waals surface area contributed by atoms with Gasteiger partial charge in [0.25, 0.3) is 0 Å². The van der Waals surface area contributed by atoms with Crippen molar-refractivity contribution in [2.24, 2.45) is 0 Å². The SMILES string of the molecule is Bc1c(Cl)c(B)c2c(B)c(N)c(C(C)(C)O)nc2c1B. The lowest BCUT2D eigenvalue weighted by molar-refractivity contribution is 0.0751. The number of nitrogens with zero attached hydrogens (tertiary/aromatic N) is 1. The largest absolute Gasteiger partial charge is 0.398 e. The van der Waals surface area contributed by atoms with E-state index in [4.69, 9.17) is 17.3 Å². The number of halogens is 1. The van der Waals surface area contributed by atoms with Crippen molar-refractivity contribution in [3.63, 3.8) is 0 Å². The average molecular weight is 284 g/mol. The van der Waals surface area contributed by atoms with Gasteiger partial charge in [0.2, 0.25) is 0 Å². The van der Waals surface area contributed by atoms with Gasteiger partial charge in [-0.25, -0.2) is 4.98 Å². The lowest BCUT2D eigenvalue weighted by atomic mass is 9.71. The predicted molar refractivity (Wildman–Crippen MR) is 99.1 cm³/mol. The van der Waals surface area contributed by atoms with Crippen LogP contribution in [0.1, 0.15) is 19.5 Å². The van der Waals surface area contributed by atoms with E-state index in [9.17, 15) is 5.11 Å². The molecule has 0 aliphatic carbocycles. The minimum atomic E-state index is -1.07. The molecular weight excluding hydrogens is 267 g/mol. The number of benzene rings is 1. The third-order valence-corrected chi connectivity index (χ3v) is 4.59. The van der Waals surface area contributed by atoms with Crippen molar-refractivity contribution >= 4 is 81.4 Å². The van der Waals surface area contributed by atoms with Gasteiger partial charge in [0.05, 0.1) is 16.9 Å². The number of nitrogens with two attached hydrogens (primary N) is 1. The number of aromatic nitrogens is 1. The molecule has 8 heteroatoms. The van der Waals surface area contributed by atoms with Gasteiger partial charge >= 0.3 is 0 Å². The normalized spacial score (nSPS) is 12.0. The van der Waals surface area contributed by atoms with Crippen LogP contribution in [0.5, 0.6) is 0 Å². The van der Waals surface area contributed by atoms with E-state index in [0.29, 0.717) is 11.4 Å². The Morgan fingerprint density at radius 1 is 1.05 bits per heavy atom. The van der Waals surface area contributed by atoms with Crippen molar-refractivity contribution in [1.29, 1.82) is 0 Å². The summed E-state index contributed by atoms with van der Waals surface area (Å²) in [7, 11) is 7.92. The number of fused-ring (bicyclic) bond motifs is 1. The standard InChI is InChI=1S/C12H17B4ClN2O/c1-12(2,20)11-9(18)5(14)3-4(13)8(17)6(15)7(16)10(3)19-11/h20H,13-16,18H2,1-2H3. The predicted octanol–water partition coefficient (Wildman–Crippen LogP) is -4.27. The third-order valence-electron chi connectivity index (χ3n) is 4.03. The van der Waals surface area contributed by atoms with Crippen LogP contribution in [0.4, 0.5) is 5.69 Å². The van der Waals surface area contributed by atoms with Crippen molar-refractivity contribution in [3.8, 4) is 0 Å². The first-order valence-electron chi connectivity index (χ1n) is 6.65. The van der Waals surface area contributed by atoms with Gasteiger partial charge in [0, 0.05) is 5.02 Å². The van der Waals surface area contributed by atoms with Gasteiger partial charge in [0.1, 0.15) is 37.0 Å². The van der Waals surface area contributed by atoms with Crippen LogP contribution in [0.2, 0.25) is 5.02 Å². The molecule has 0 saturated heterocycles. The van der Waals surface area contributed by atoms with E-state index in [0.717, 1.165) is 37.8 Å².